The minimum atomic E-state index is -0.167. The molecule has 0 radical (unpaired) electrons. The van der Waals surface area contributed by atoms with Crippen molar-refractivity contribution in [3.8, 4) is 11.5 Å². The summed E-state index contributed by atoms with van der Waals surface area (Å²) < 4.78 is 11.2. The monoisotopic (exact) mass is 325 g/mol. The lowest BCUT2D eigenvalue weighted by Gasteiger charge is -2.15. The lowest BCUT2D eigenvalue weighted by atomic mass is 10.1. The Morgan fingerprint density at radius 3 is 2.29 bits per heavy atom. The minimum Gasteiger partial charge on any atom is -0.496 e. The molecule has 0 saturated carbocycles. The highest BCUT2D eigenvalue weighted by molar-refractivity contribution is 6.31. The molecule has 21 heavy (non-hydrogen) atoms. The van der Waals surface area contributed by atoms with Gasteiger partial charge in [0.2, 0.25) is 0 Å². The quantitative estimate of drug-likeness (QED) is 0.873. The molecule has 112 valence electrons. The van der Waals surface area contributed by atoms with Crippen LogP contribution in [0.5, 0.6) is 11.5 Å². The summed E-state index contributed by atoms with van der Waals surface area (Å²) in [5, 5.41) is 1.27. The van der Waals surface area contributed by atoms with Gasteiger partial charge < -0.3 is 15.2 Å². The van der Waals surface area contributed by atoms with Crippen LogP contribution in [0.3, 0.4) is 0 Å². The molecule has 5 heteroatoms. The highest BCUT2D eigenvalue weighted by Crippen LogP contribution is 2.29. The molecule has 3 nitrogen and oxygen atoms in total. The first-order chi connectivity index (χ1) is 10.0. The molecular formula is C16H17Cl2NO2. The lowest BCUT2D eigenvalue weighted by Crippen LogP contribution is -2.08. The van der Waals surface area contributed by atoms with Gasteiger partial charge >= 0.3 is 0 Å². The van der Waals surface area contributed by atoms with Gasteiger partial charge in [-0.15, -0.1) is 0 Å². The van der Waals surface area contributed by atoms with Crippen molar-refractivity contribution in [1.29, 1.82) is 0 Å². The van der Waals surface area contributed by atoms with E-state index in [0.29, 0.717) is 22.4 Å². The molecule has 1 atom stereocenters. The van der Waals surface area contributed by atoms with Gasteiger partial charge in [0, 0.05) is 27.2 Å². The van der Waals surface area contributed by atoms with Crippen molar-refractivity contribution in [3.05, 3.63) is 57.6 Å². The number of rotatable bonds is 5. The normalized spacial score (nSPS) is 12.0. The maximum atomic E-state index is 6.01. The first-order valence-corrected chi connectivity index (χ1v) is 7.27. The maximum Gasteiger partial charge on any atom is 0.125 e. The molecule has 2 aromatic rings. The Balaban J connectivity index is 2.22. The molecule has 0 aliphatic rings. The van der Waals surface area contributed by atoms with Gasteiger partial charge in [-0.1, -0.05) is 23.2 Å². The number of hydrogen-bond donors (Lipinski definition) is 1. The molecule has 0 aliphatic heterocycles. The summed E-state index contributed by atoms with van der Waals surface area (Å²) in [6.07, 6.45) is 0. The van der Waals surface area contributed by atoms with E-state index in [1.165, 1.54) is 0 Å². The molecule has 1 unspecified atom stereocenters. The lowest BCUT2D eigenvalue weighted by molar-refractivity contribution is 0.292. The van der Waals surface area contributed by atoms with E-state index in [-0.39, 0.29) is 6.04 Å². The Kier molecular flexibility index (Phi) is 5.34. The third kappa shape index (κ3) is 4.03. The standard InChI is InChI=1S/C16H17Cl2NO2/c1-10(19)14-8-13(18)4-6-16(14)21-9-11-7-12(17)3-5-15(11)20-2/h3-8,10H,9,19H2,1-2H3. The largest absolute Gasteiger partial charge is 0.496 e. The maximum absolute atomic E-state index is 6.01. The van der Waals surface area contributed by atoms with Crippen LogP contribution in [0.15, 0.2) is 36.4 Å². The summed E-state index contributed by atoms with van der Waals surface area (Å²) in [4.78, 5) is 0. The fourth-order valence-corrected chi connectivity index (χ4v) is 2.40. The summed E-state index contributed by atoms with van der Waals surface area (Å²) in [7, 11) is 1.61. The van der Waals surface area contributed by atoms with E-state index >= 15 is 0 Å². The third-order valence-electron chi connectivity index (χ3n) is 3.09. The van der Waals surface area contributed by atoms with Crippen LogP contribution >= 0.6 is 23.2 Å². The molecule has 0 spiro atoms. The van der Waals surface area contributed by atoms with Crippen LogP contribution in [-0.2, 0) is 6.61 Å². The first-order valence-electron chi connectivity index (χ1n) is 6.51. The smallest absolute Gasteiger partial charge is 0.125 e. The number of benzene rings is 2. The van der Waals surface area contributed by atoms with E-state index < -0.39 is 0 Å². The van der Waals surface area contributed by atoms with Crippen LogP contribution < -0.4 is 15.2 Å². The Hall–Kier alpha value is -1.42. The first kappa shape index (κ1) is 16.0. The molecule has 0 bridgehead atoms. The Morgan fingerprint density at radius 2 is 1.67 bits per heavy atom. The van der Waals surface area contributed by atoms with Gasteiger partial charge in [0.05, 0.1) is 7.11 Å². The molecule has 0 heterocycles. The Labute approximate surface area is 134 Å². The Bertz CT molecular complexity index is 630. The van der Waals surface area contributed by atoms with Crippen LogP contribution in [-0.4, -0.2) is 7.11 Å². The van der Waals surface area contributed by atoms with Crippen LogP contribution in [0, 0.1) is 0 Å². The summed E-state index contributed by atoms with van der Waals surface area (Å²) in [5.41, 5.74) is 7.68. The summed E-state index contributed by atoms with van der Waals surface area (Å²) in [5.74, 6) is 1.44. The second-order valence-electron chi connectivity index (χ2n) is 4.72. The van der Waals surface area contributed by atoms with Crippen LogP contribution in [0.2, 0.25) is 10.0 Å². The fraction of sp³-hybridized carbons (Fsp3) is 0.250. The van der Waals surface area contributed by atoms with Crippen LogP contribution in [0.4, 0.5) is 0 Å². The zero-order chi connectivity index (χ0) is 15.4. The summed E-state index contributed by atoms with van der Waals surface area (Å²) >= 11 is 12.0. The topological polar surface area (TPSA) is 44.5 Å². The molecule has 2 N–H and O–H groups in total. The van der Waals surface area contributed by atoms with E-state index in [2.05, 4.69) is 0 Å². The highest BCUT2D eigenvalue weighted by atomic mass is 35.5. The van der Waals surface area contributed by atoms with Crippen molar-refractivity contribution in [1.82, 2.24) is 0 Å². The van der Waals surface area contributed by atoms with Gasteiger partial charge in [-0.25, -0.2) is 0 Å². The second kappa shape index (κ2) is 7.03. The van der Waals surface area contributed by atoms with Crippen molar-refractivity contribution < 1.29 is 9.47 Å². The van der Waals surface area contributed by atoms with Gasteiger partial charge in [-0.2, -0.15) is 0 Å². The highest BCUT2D eigenvalue weighted by Gasteiger charge is 2.11. The van der Waals surface area contributed by atoms with E-state index in [9.17, 15) is 0 Å². The minimum absolute atomic E-state index is 0.167. The molecule has 0 aromatic heterocycles. The predicted octanol–water partition coefficient (Wildman–Crippen LogP) is 4.60. The van der Waals surface area contributed by atoms with Gasteiger partial charge in [0.1, 0.15) is 18.1 Å². The fourth-order valence-electron chi connectivity index (χ4n) is 2.02. The number of methoxy groups -OCH3 is 1. The van der Waals surface area contributed by atoms with Crippen molar-refractivity contribution in [3.63, 3.8) is 0 Å². The second-order valence-corrected chi connectivity index (χ2v) is 5.59. The van der Waals surface area contributed by atoms with Gasteiger partial charge in [-0.05, 0) is 43.3 Å². The zero-order valence-corrected chi connectivity index (χ0v) is 13.4. The number of nitrogens with two attached hydrogens (primary N) is 1. The van der Waals surface area contributed by atoms with Gasteiger partial charge in [0.15, 0.2) is 0 Å². The number of ether oxygens (including phenoxy) is 2. The van der Waals surface area contributed by atoms with E-state index in [1.54, 1.807) is 19.2 Å². The van der Waals surface area contributed by atoms with Crippen molar-refractivity contribution in [2.24, 2.45) is 5.73 Å². The van der Waals surface area contributed by atoms with E-state index in [1.807, 2.05) is 31.2 Å². The van der Waals surface area contributed by atoms with E-state index in [4.69, 9.17) is 38.4 Å². The molecule has 0 saturated heterocycles. The predicted molar refractivity (Wildman–Crippen MR) is 86.4 cm³/mol. The summed E-state index contributed by atoms with van der Waals surface area (Å²) in [6.45, 7) is 2.23. The van der Waals surface area contributed by atoms with Crippen molar-refractivity contribution in [2.75, 3.05) is 7.11 Å². The average Bonchev–Trinajstić information content (AvgIpc) is 2.46. The number of halogens is 2. The third-order valence-corrected chi connectivity index (χ3v) is 3.56. The molecule has 0 amide bonds. The zero-order valence-electron chi connectivity index (χ0n) is 11.9. The average molecular weight is 326 g/mol. The van der Waals surface area contributed by atoms with Crippen LogP contribution in [0.1, 0.15) is 24.1 Å². The number of hydrogen-bond acceptors (Lipinski definition) is 3. The summed E-state index contributed by atoms with van der Waals surface area (Å²) in [6, 6.07) is 10.7. The molecule has 0 aliphatic carbocycles. The van der Waals surface area contributed by atoms with E-state index in [0.717, 1.165) is 16.9 Å². The molecule has 0 fully saturated rings. The van der Waals surface area contributed by atoms with Crippen LogP contribution in [0.25, 0.3) is 0 Å². The van der Waals surface area contributed by atoms with Gasteiger partial charge in [0.25, 0.3) is 0 Å². The van der Waals surface area contributed by atoms with Crippen molar-refractivity contribution >= 4 is 23.2 Å². The van der Waals surface area contributed by atoms with Crippen molar-refractivity contribution in [2.45, 2.75) is 19.6 Å². The molecule has 2 rings (SSSR count). The molecular weight excluding hydrogens is 309 g/mol. The van der Waals surface area contributed by atoms with Gasteiger partial charge in [-0.3, -0.25) is 0 Å². The molecule has 2 aromatic carbocycles. The SMILES string of the molecule is COc1ccc(Cl)cc1COc1ccc(Cl)cc1C(C)N. The Morgan fingerprint density at radius 1 is 1.05 bits per heavy atom.